The third kappa shape index (κ3) is 6.21. The van der Waals surface area contributed by atoms with Gasteiger partial charge in [0.1, 0.15) is 6.10 Å². The van der Waals surface area contributed by atoms with Crippen molar-refractivity contribution in [2.75, 3.05) is 0 Å². The normalized spacial score (nSPS) is 36.5. The molecule has 1 aromatic rings. The van der Waals surface area contributed by atoms with E-state index < -0.39 is 16.4 Å². The largest absolute Gasteiger partial charge is 0.595 e. The van der Waals surface area contributed by atoms with Gasteiger partial charge in [-0.1, -0.05) is 66.0 Å². The standard InChI is InChI=1S/C35H54N2O6/c1-21(2)22(3)7-8-23(4)30-11-12-31-29-10-9-25-19-28(13-15-34(25,5)32(29)14-16-35(30,31)6)43-33(38)24-17-26(36(39)40)20-27(18-24)37(41)42/h9,17-18,20-23,28-32,36-37,39,41H,7-8,10-16,19H2,1-6H3/t22-,23-,28+,29+,30+,31+,32-,34+,35+/m1/s1. The first-order valence-corrected chi connectivity index (χ1v) is 16.8. The van der Waals surface area contributed by atoms with Crippen LogP contribution in [0.3, 0.4) is 0 Å². The lowest BCUT2D eigenvalue weighted by molar-refractivity contribution is -0.996. The van der Waals surface area contributed by atoms with Gasteiger partial charge in [-0.05, 0) is 97.2 Å². The van der Waals surface area contributed by atoms with Gasteiger partial charge in [-0.25, -0.2) is 15.2 Å². The van der Waals surface area contributed by atoms with E-state index in [2.05, 4.69) is 47.6 Å². The summed E-state index contributed by atoms with van der Waals surface area (Å²) < 4.78 is 5.89. The molecule has 0 aromatic heterocycles. The van der Waals surface area contributed by atoms with E-state index in [-0.39, 0.29) is 28.5 Å². The van der Waals surface area contributed by atoms with Crippen LogP contribution in [0.5, 0.6) is 0 Å². The summed E-state index contributed by atoms with van der Waals surface area (Å²) in [6.07, 6.45) is 13.8. The Hall–Kier alpha value is -1.81. The molecule has 0 spiro atoms. The summed E-state index contributed by atoms with van der Waals surface area (Å²) in [4.78, 5) is 13.1. The minimum absolute atomic E-state index is 0.0291. The third-order valence-electron chi connectivity index (χ3n) is 13.0. The van der Waals surface area contributed by atoms with Crippen LogP contribution in [-0.2, 0) is 4.74 Å². The van der Waals surface area contributed by atoms with Crippen LogP contribution in [-0.4, -0.2) is 22.5 Å². The van der Waals surface area contributed by atoms with Gasteiger partial charge < -0.3 is 15.2 Å². The number of esters is 1. The Morgan fingerprint density at radius 3 is 2.26 bits per heavy atom. The molecule has 5 rings (SSSR count). The second-order valence-corrected chi connectivity index (χ2v) is 15.4. The van der Waals surface area contributed by atoms with E-state index in [1.54, 1.807) is 0 Å². The minimum atomic E-state index is -1.28. The molecule has 4 aliphatic carbocycles. The van der Waals surface area contributed by atoms with Gasteiger partial charge in [0.05, 0.1) is 11.6 Å². The fourth-order valence-corrected chi connectivity index (χ4v) is 9.98. The predicted molar refractivity (Wildman–Crippen MR) is 165 cm³/mol. The molecule has 240 valence electrons. The first-order valence-electron chi connectivity index (χ1n) is 16.8. The van der Waals surface area contributed by atoms with Crippen LogP contribution in [0.25, 0.3) is 0 Å². The smallest absolute Gasteiger partial charge is 0.338 e. The van der Waals surface area contributed by atoms with Gasteiger partial charge in [-0.15, -0.1) is 0 Å². The zero-order valence-electron chi connectivity index (χ0n) is 27.0. The maximum atomic E-state index is 13.1. The Balaban J connectivity index is 1.26. The summed E-state index contributed by atoms with van der Waals surface area (Å²) in [5, 5.41) is 39.3. The number of carbonyl (C=O) groups excluding carboxylic acids is 1. The molecular weight excluding hydrogens is 544 g/mol. The molecule has 0 saturated heterocycles. The second-order valence-electron chi connectivity index (χ2n) is 15.4. The Bertz CT molecular complexity index is 1170. The molecule has 43 heavy (non-hydrogen) atoms. The number of fused-ring (bicyclic) bond motifs is 5. The highest BCUT2D eigenvalue weighted by atomic mass is 16.8. The molecule has 1 aromatic carbocycles. The van der Waals surface area contributed by atoms with Crippen molar-refractivity contribution in [2.24, 2.45) is 52.3 Å². The van der Waals surface area contributed by atoms with Crippen LogP contribution in [0.2, 0.25) is 0 Å². The zero-order chi connectivity index (χ0) is 31.3. The van der Waals surface area contributed by atoms with Crippen LogP contribution in [0.4, 0.5) is 11.4 Å². The molecule has 11 atom stereocenters. The van der Waals surface area contributed by atoms with Crippen molar-refractivity contribution in [3.63, 3.8) is 0 Å². The van der Waals surface area contributed by atoms with E-state index in [0.717, 1.165) is 60.8 Å². The fourth-order valence-electron chi connectivity index (χ4n) is 9.98. The summed E-state index contributed by atoms with van der Waals surface area (Å²) in [6, 6.07) is 3.47. The van der Waals surface area contributed by atoms with E-state index in [1.165, 1.54) is 56.2 Å². The number of hydrogen-bond acceptors (Lipinski definition) is 6. The van der Waals surface area contributed by atoms with Crippen molar-refractivity contribution in [2.45, 2.75) is 112 Å². The lowest BCUT2D eigenvalue weighted by Gasteiger charge is -2.58. The van der Waals surface area contributed by atoms with Crippen molar-refractivity contribution < 1.29 is 30.4 Å². The Morgan fingerprint density at radius 1 is 0.953 bits per heavy atom. The molecule has 0 radical (unpaired) electrons. The van der Waals surface area contributed by atoms with E-state index in [0.29, 0.717) is 17.8 Å². The van der Waals surface area contributed by atoms with E-state index in [1.807, 2.05) is 0 Å². The Labute approximate surface area is 257 Å². The highest BCUT2D eigenvalue weighted by Crippen LogP contribution is 2.67. The molecule has 8 heteroatoms. The van der Waals surface area contributed by atoms with Gasteiger partial charge in [0.25, 0.3) is 0 Å². The number of allylic oxidation sites excluding steroid dienone is 1. The summed E-state index contributed by atoms with van der Waals surface area (Å²) in [5.41, 5.74) is 1.48. The topological polar surface area (TPSA) is 122 Å². The van der Waals surface area contributed by atoms with Gasteiger partial charge in [-0.3, -0.25) is 0 Å². The van der Waals surface area contributed by atoms with Crippen molar-refractivity contribution in [1.29, 1.82) is 0 Å². The average molecular weight is 599 g/mol. The van der Waals surface area contributed by atoms with E-state index >= 15 is 0 Å². The van der Waals surface area contributed by atoms with Crippen LogP contribution in [0.1, 0.15) is 116 Å². The third-order valence-corrected chi connectivity index (χ3v) is 13.0. The fraction of sp³-hybridized carbons (Fsp3) is 0.743. The monoisotopic (exact) mass is 598 g/mol. The van der Waals surface area contributed by atoms with Crippen molar-refractivity contribution >= 4 is 17.3 Å². The molecule has 0 heterocycles. The minimum Gasteiger partial charge on any atom is -0.595 e. The molecule has 8 nitrogen and oxygen atoms in total. The molecule has 3 saturated carbocycles. The molecule has 0 aliphatic heterocycles. The van der Waals surface area contributed by atoms with Gasteiger partial charge in [0.2, 0.25) is 0 Å². The van der Waals surface area contributed by atoms with Crippen LogP contribution >= 0.6 is 0 Å². The Morgan fingerprint density at radius 2 is 1.63 bits per heavy atom. The molecule has 0 bridgehead atoms. The molecule has 4 aliphatic rings. The van der Waals surface area contributed by atoms with Gasteiger partial charge in [0.15, 0.2) is 11.4 Å². The first-order chi connectivity index (χ1) is 20.2. The Kier molecular flexibility index (Phi) is 9.49. The summed E-state index contributed by atoms with van der Waals surface area (Å²) in [6.45, 7) is 14.7. The highest BCUT2D eigenvalue weighted by molar-refractivity contribution is 5.91. The number of ether oxygens (including phenoxy) is 1. The molecule has 2 unspecified atom stereocenters. The number of quaternary nitrogens is 2. The van der Waals surface area contributed by atoms with E-state index in [9.17, 15) is 25.6 Å². The highest BCUT2D eigenvalue weighted by Gasteiger charge is 2.59. The maximum absolute atomic E-state index is 13.1. The zero-order valence-corrected chi connectivity index (χ0v) is 27.0. The molecule has 3 fully saturated rings. The van der Waals surface area contributed by atoms with Crippen molar-refractivity contribution in [3.05, 3.63) is 45.8 Å². The van der Waals surface area contributed by atoms with Gasteiger partial charge in [-0.2, -0.15) is 10.5 Å². The molecular formula is C35H54N2O6. The number of benzene rings is 1. The number of hydrogen-bond donors (Lipinski definition) is 4. The van der Waals surface area contributed by atoms with Crippen molar-refractivity contribution in [3.8, 4) is 0 Å². The maximum Gasteiger partial charge on any atom is 0.338 e. The summed E-state index contributed by atoms with van der Waals surface area (Å²) >= 11 is 0. The summed E-state index contributed by atoms with van der Waals surface area (Å²) in [5.74, 6) is 4.68. The second kappa shape index (κ2) is 12.5. The number of nitrogens with one attached hydrogen (secondary N) is 2. The lowest BCUT2D eigenvalue weighted by atomic mass is 9.47. The number of carbonyl (C=O) groups is 1. The van der Waals surface area contributed by atoms with Crippen LogP contribution < -0.4 is 10.5 Å². The van der Waals surface area contributed by atoms with Crippen LogP contribution in [0, 0.1) is 62.7 Å². The van der Waals surface area contributed by atoms with E-state index in [4.69, 9.17) is 4.74 Å². The summed E-state index contributed by atoms with van der Waals surface area (Å²) in [7, 11) is 0. The first kappa shape index (κ1) is 32.6. The lowest BCUT2D eigenvalue weighted by Crippen LogP contribution is -3.00. The van der Waals surface area contributed by atoms with Crippen LogP contribution in [0.15, 0.2) is 29.8 Å². The SMILES string of the molecule is CC(C)[C@H](C)CC[C@@H](C)[C@@H]1CC[C@H]2[C@@H]3CC=C4C[C@@H](OC(=O)c5cc([NH+]([O-])O)cc([NH+]([O-])O)c5)CC[C@]4(C)[C@@H]3CC[C@]21C. The van der Waals surface area contributed by atoms with Gasteiger partial charge in [0, 0.05) is 18.6 Å². The van der Waals surface area contributed by atoms with Crippen molar-refractivity contribution in [1.82, 2.24) is 0 Å². The predicted octanol–water partition coefficient (Wildman–Crippen LogP) is 6.31. The molecule has 0 amide bonds. The number of rotatable bonds is 9. The average Bonchev–Trinajstić information content (AvgIpc) is 3.32. The quantitative estimate of drug-likeness (QED) is 0.150. The van der Waals surface area contributed by atoms with Gasteiger partial charge >= 0.3 is 5.97 Å². The molecule has 4 N–H and O–H groups in total.